The second-order valence-corrected chi connectivity index (χ2v) is 4.32. The van der Waals surface area contributed by atoms with Crippen LogP contribution in [0.25, 0.3) is 0 Å². The standard InChI is InChI=1S/C11H15ClN2O/c12-10-2-1-3-11(13-10)14-6-4-9(8-15)5-7-14/h1-3,9,15H,4-8H2. The maximum atomic E-state index is 9.04. The Morgan fingerprint density at radius 1 is 1.40 bits per heavy atom. The lowest BCUT2D eigenvalue weighted by Crippen LogP contribution is -2.35. The predicted octanol–water partition coefficient (Wildman–Crippen LogP) is 1.94. The first-order valence-corrected chi connectivity index (χ1v) is 5.66. The van der Waals surface area contributed by atoms with Crippen LogP contribution in [0.4, 0.5) is 5.82 Å². The SMILES string of the molecule is OCC1CCN(c2cccc(Cl)n2)CC1. The average molecular weight is 227 g/mol. The molecule has 1 N–H and O–H groups in total. The van der Waals surface area contributed by atoms with Crippen molar-refractivity contribution in [1.29, 1.82) is 0 Å². The van der Waals surface area contributed by atoms with Crippen LogP contribution >= 0.6 is 11.6 Å². The number of nitrogens with zero attached hydrogens (tertiary/aromatic N) is 2. The molecule has 2 rings (SSSR count). The van der Waals surface area contributed by atoms with Crippen molar-refractivity contribution in [1.82, 2.24) is 4.98 Å². The van der Waals surface area contributed by atoms with Gasteiger partial charge < -0.3 is 10.0 Å². The fourth-order valence-electron chi connectivity index (χ4n) is 1.92. The molecule has 1 saturated heterocycles. The highest BCUT2D eigenvalue weighted by atomic mass is 35.5. The van der Waals surface area contributed by atoms with E-state index in [9.17, 15) is 0 Å². The van der Waals surface area contributed by atoms with Crippen LogP contribution in [0.5, 0.6) is 0 Å². The Bertz CT molecular complexity index is 324. The van der Waals surface area contributed by atoms with E-state index in [1.165, 1.54) is 0 Å². The summed E-state index contributed by atoms with van der Waals surface area (Å²) in [4.78, 5) is 6.50. The van der Waals surface area contributed by atoms with Crippen molar-refractivity contribution in [2.24, 2.45) is 5.92 Å². The van der Waals surface area contributed by atoms with Crippen LogP contribution in [0.3, 0.4) is 0 Å². The van der Waals surface area contributed by atoms with E-state index in [1.807, 2.05) is 12.1 Å². The molecule has 15 heavy (non-hydrogen) atoms. The van der Waals surface area contributed by atoms with E-state index in [2.05, 4.69) is 9.88 Å². The highest BCUT2D eigenvalue weighted by Gasteiger charge is 2.19. The second-order valence-electron chi connectivity index (χ2n) is 3.93. The van der Waals surface area contributed by atoms with E-state index in [4.69, 9.17) is 16.7 Å². The summed E-state index contributed by atoms with van der Waals surface area (Å²) in [6, 6.07) is 5.68. The number of pyridine rings is 1. The number of hydrogen-bond acceptors (Lipinski definition) is 3. The van der Waals surface area contributed by atoms with Gasteiger partial charge in [0.15, 0.2) is 0 Å². The average Bonchev–Trinajstić information content (AvgIpc) is 2.29. The van der Waals surface area contributed by atoms with Gasteiger partial charge in [-0.25, -0.2) is 4.98 Å². The first kappa shape index (κ1) is 10.7. The Hall–Kier alpha value is -0.800. The molecule has 0 radical (unpaired) electrons. The third-order valence-electron chi connectivity index (χ3n) is 2.90. The minimum absolute atomic E-state index is 0.302. The Balaban J connectivity index is 2.01. The summed E-state index contributed by atoms with van der Waals surface area (Å²) in [6.07, 6.45) is 2.06. The van der Waals surface area contributed by atoms with Crippen LogP contribution in [-0.2, 0) is 0 Å². The first-order valence-electron chi connectivity index (χ1n) is 5.28. The Labute approximate surface area is 94.7 Å². The van der Waals surface area contributed by atoms with E-state index in [-0.39, 0.29) is 0 Å². The van der Waals surface area contributed by atoms with Crippen LogP contribution in [0.2, 0.25) is 5.15 Å². The summed E-state index contributed by atoms with van der Waals surface area (Å²) >= 11 is 5.84. The lowest BCUT2D eigenvalue weighted by molar-refractivity contribution is 0.203. The molecule has 1 aliphatic heterocycles. The lowest BCUT2D eigenvalue weighted by atomic mass is 9.98. The smallest absolute Gasteiger partial charge is 0.131 e. The third kappa shape index (κ3) is 2.61. The molecule has 1 aromatic rings. The fraction of sp³-hybridized carbons (Fsp3) is 0.545. The maximum absolute atomic E-state index is 9.04. The van der Waals surface area contributed by atoms with Crippen LogP contribution in [-0.4, -0.2) is 29.8 Å². The van der Waals surface area contributed by atoms with E-state index in [0.29, 0.717) is 17.7 Å². The molecular weight excluding hydrogens is 212 g/mol. The molecule has 1 aliphatic rings. The van der Waals surface area contributed by atoms with Gasteiger partial charge in [-0.3, -0.25) is 0 Å². The molecular formula is C11H15ClN2O. The van der Waals surface area contributed by atoms with Crippen molar-refractivity contribution in [3.05, 3.63) is 23.4 Å². The Morgan fingerprint density at radius 3 is 2.73 bits per heavy atom. The van der Waals surface area contributed by atoms with E-state index in [1.54, 1.807) is 6.07 Å². The molecule has 82 valence electrons. The van der Waals surface area contributed by atoms with Gasteiger partial charge in [-0.05, 0) is 30.9 Å². The minimum Gasteiger partial charge on any atom is -0.396 e. The van der Waals surface area contributed by atoms with Crippen LogP contribution in [0.15, 0.2) is 18.2 Å². The van der Waals surface area contributed by atoms with Gasteiger partial charge in [-0.1, -0.05) is 17.7 Å². The molecule has 0 atom stereocenters. The molecule has 0 aliphatic carbocycles. The van der Waals surface area contributed by atoms with Crippen molar-refractivity contribution in [2.45, 2.75) is 12.8 Å². The topological polar surface area (TPSA) is 36.4 Å². The zero-order chi connectivity index (χ0) is 10.7. The summed E-state index contributed by atoms with van der Waals surface area (Å²) in [5, 5.41) is 9.58. The van der Waals surface area contributed by atoms with Crippen molar-refractivity contribution in [3.63, 3.8) is 0 Å². The molecule has 0 bridgehead atoms. The van der Waals surface area contributed by atoms with E-state index in [0.717, 1.165) is 31.7 Å². The quantitative estimate of drug-likeness (QED) is 0.784. The van der Waals surface area contributed by atoms with Crippen molar-refractivity contribution in [3.8, 4) is 0 Å². The number of halogens is 1. The highest BCUT2D eigenvalue weighted by molar-refractivity contribution is 6.29. The molecule has 4 heteroatoms. The zero-order valence-electron chi connectivity index (χ0n) is 8.56. The zero-order valence-corrected chi connectivity index (χ0v) is 9.32. The van der Waals surface area contributed by atoms with Crippen molar-refractivity contribution in [2.75, 3.05) is 24.6 Å². The summed E-state index contributed by atoms with van der Waals surface area (Å²) in [5.41, 5.74) is 0. The van der Waals surface area contributed by atoms with Crippen molar-refractivity contribution >= 4 is 17.4 Å². The van der Waals surface area contributed by atoms with Gasteiger partial charge in [0.25, 0.3) is 0 Å². The largest absolute Gasteiger partial charge is 0.396 e. The fourth-order valence-corrected chi connectivity index (χ4v) is 2.08. The molecule has 3 nitrogen and oxygen atoms in total. The van der Waals surface area contributed by atoms with Crippen LogP contribution in [0.1, 0.15) is 12.8 Å². The molecule has 0 amide bonds. The monoisotopic (exact) mass is 226 g/mol. The summed E-state index contributed by atoms with van der Waals surface area (Å²) < 4.78 is 0. The maximum Gasteiger partial charge on any atom is 0.131 e. The normalized spacial score (nSPS) is 18.1. The van der Waals surface area contributed by atoms with Crippen LogP contribution < -0.4 is 4.90 Å². The lowest BCUT2D eigenvalue weighted by Gasteiger charge is -2.31. The van der Waals surface area contributed by atoms with Gasteiger partial charge >= 0.3 is 0 Å². The predicted molar refractivity (Wildman–Crippen MR) is 61.3 cm³/mol. The first-order chi connectivity index (χ1) is 7.29. The van der Waals surface area contributed by atoms with Gasteiger partial charge in [-0.15, -0.1) is 0 Å². The van der Waals surface area contributed by atoms with E-state index < -0.39 is 0 Å². The second kappa shape index (κ2) is 4.81. The molecule has 1 aromatic heterocycles. The number of rotatable bonds is 2. The van der Waals surface area contributed by atoms with Crippen molar-refractivity contribution < 1.29 is 5.11 Å². The van der Waals surface area contributed by atoms with E-state index >= 15 is 0 Å². The minimum atomic E-state index is 0.302. The number of hydrogen-bond donors (Lipinski definition) is 1. The molecule has 0 aromatic carbocycles. The molecule has 2 heterocycles. The molecule has 0 unspecified atom stereocenters. The summed E-state index contributed by atoms with van der Waals surface area (Å²) in [7, 11) is 0. The van der Waals surface area contributed by atoms with Crippen LogP contribution in [0, 0.1) is 5.92 Å². The van der Waals surface area contributed by atoms with Gasteiger partial charge in [0.2, 0.25) is 0 Å². The molecule has 0 spiro atoms. The summed E-state index contributed by atoms with van der Waals surface area (Å²) in [6.45, 7) is 2.22. The number of aromatic nitrogens is 1. The Morgan fingerprint density at radius 2 is 2.13 bits per heavy atom. The highest BCUT2D eigenvalue weighted by Crippen LogP contribution is 2.22. The Kier molecular flexibility index (Phi) is 3.44. The number of piperidine rings is 1. The number of anilines is 1. The molecule has 0 saturated carbocycles. The number of aliphatic hydroxyl groups is 1. The van der Waals surface area contributed by atoms with Gasteiger partial charge in [0.1, 0.15) is 11.0 Å². The van der Waals surface area contributed by atoms with Gasteiger partial charge in [-0.2, -0.15) is 0 Å². The number of aliphatic hydroxyl groups excluding tert-OH is 1. The van der Waals surface area contributed by atoms with Gasteiger partial charge in [0, 0.05) is 19.7 Å². The summed E-state index contributed by atoms with van der Waals surface area (Å²) in [5.74, 6) is 1.40. The molecule has 1 fully saturated rings. The van der Waals surface area contributed by atoms with Gasteiger partial charge in [0.05, 0.1) is 0 Å². The third-order valence-corrected chi connectivity index (χ3v) is 3.11.